The van der Waals surface area contributed by atoms with Crippen LogP contribution in [0.4, 0.5) is 0 Å². The van der Waals surface area contributed by atoms with Crippen molar-refractivity contribution in [3.63, 3.8) is 0 Å². The molecule has 0 unspecified atom stereocenters. The molecule has 0 atom stereocenters. The molecule has 68 valence electrons. The molecule has 0 aromatic rings. The molecule has 0 aliphatic rings. The molecule has 0 aromatic heterocycles. The van der Waals surface area contributed by atoms with Gasteiger partial charge in [-0.1, -0.05) is 0 Å². The Kier molecular flexibility index (Phi) is 29.9. The summed E-state index contributed by atoms with van der Waals surface area (Å²) in [4.78, 5) is 0. The van der Waals surface area contributed by atoms with E-state index in [9.17, 15) is 0 Å². The molecule has 0 fully saturated rings. The van der Waals surface area contributed by atoms with Gasteiger partial charge in [-0.3, -0.25) is 0 Å². The van der Waals surface area contributed by atoms with Crippen molar-refractivity contribution >= 4 is 0 Å². The molecule has 0 saturated carbocycles. The van der Waals surface area contributed by atoms with E-state index in [1.54, 1.807) is 0 Å². The zero-order valence-corrected chi connectivity index (χ0v) is 12.5. The van der Waals surface area contributed by atoms with Crippen molar-refractivity contribution in [3.05, 3.63) is 0 Å². The first-order chi connectivity index (χ1) is 4.41. The molecule has 0 aromatic carbocycles. The largest absolute Gasteiger partial charge is 1.00 e. The monoisotopic (exact) mass is 366 g/mol. The van der Waals surface area contributed by atoms with Crippen LogP contribution in [-0.4, -0.2) is 13.2 Å². The Morgan fingerprint density at radius 2 is 1.27 bits per heavy atom. The molecule has 11 heavy (non-hydrogen) atoms. The third-order valence-electron chi connectivity index (χ3n) is 0.730. The predicted octanol–water partition coefficient (Wildman–Crippen LogP) is -4.24. The maximum absolute atomic E-state index is 5.23. The Morgan fingerprint density at radius 1 is 0.909 bits per heavy atom. The molecule has 0 heterocycles. The van der Waals surface area contributed by atoms with Gasteiger partial charge in [-0.05, 0) is 0 Å². The zero-order valence-electron chi connectivity index (χ0n) is 6.90. The van der Waals surface area contributed by atoms with Gasteiger partial charge in [-0.15, -0.1) is 0 Å². The molecule has 0 spiro atoms. The Hall–Kier alpha value is 1.76. The summed E-state index contributed by atoms with van der Waals surface area (Å²) in [7, 11) is 0. The van der Waals surface area contributed by atoms with E-state index in [4.69, 9.17) is 5.63 Å². The summed E-state index contributed by atoms with van der Waals surface area (Å²) < 4.78 is 10.5. The summed E-state index contributed by atoms with van der Waals surface area (Å²) in [6, 6.07) is 0. The van der Waals surface area contributed by atoms with Crippen LogP contribution < -0.4 is 34.0 Å². The van der Waals surface area contributed by atoms with E-state index in [2.05, 4.69) is 13.8 Å². The number of rotatable bonds is 6. The van der Waals surface area contributed by atoms with Gasteiger partial charge >= 0.3 is 69.6 Å². The van der Waals surface area contributed by atoms with Gasteiger partial charge in [0, 0.05) is 0 Å². The van der Waals surface area contributed by atoms with Gasteiger partial charge in [0.1, 0.15) is 0 Å². The van der Waals surface area contributed by atoms with Crippen LogP contribution in [-0.2, 0) is 29.7 Å². The van der Waals surface area contributed by atoms with E-state index in [0.717, 1.165) is 26.1 Å². The SMILES string of the molecule is CCC[O][Zr+2][O]CCC.[Br-].[Br-]. The van der Waals surface area contributed by atoms with Crippen LogP contribution in [0.2, 0.25) is 0 Å². The molecule has 5 heteroatoms. The van der Waals surface area contributed by atoms with E-state index < -0.39 is 24.1 Å². The summed E-state index contributed by atoms with van der Waals surface area (Å²) >= 11 is -0.851. The summed E-state index contributed by atoms with van der Waals surface area (Å²) in [5, 5.41) is 0. The molecule has 0 radical (unpaired) electrons. The van der Waals surface area contributed by atoms with Crippen molar-refractivity contribution in [2.45, 2.75) is 26.7 Å². The Morgan fingerprint density at radius 3 is 1.55 bits per heavy atom. The topological polar surface area (TPSA) is 18.5 Å². The Balaban J connectivity index is -0.000000320. The molecule has 0 aliphatic carbocycles. The van der Waals surface area contributed by atoms with Gasteiger partial charge in [0.05, 0.1) is 0 Å². The number of hydrogen-bond acceptors (Lipinski definition) is 2. The quantitative estimate of drug-likeness (QED) is 0.442. The maximum Gasteiger partial charge on any atom is -1.00 e. The fourth-order valence-corrected chi connectivity index (χ4v) is 1.95. The van der Waals surface area contributed by atoms with Gasteiger partial charge in [-0.25, -0.2) is 0 Å². The van der Waals surface area contributed by atoms with E-state index in [0.29, 0.717) is 0 Å². The van der Waals surface area contributed by atoms with Crippen LogP contribution >= 0.6 is 0 Å². The van der Waals surface area contributed by atoms with Crippen molar-refractivity contribution in [2.75, 3.05) is 13.2 Å². The van der Waals surface area contributed by atoms with Crippen molar-refractivity contribution < 1.29 is 63.7 Å². The van der Waals surface area contributed by atoms with Crippen molar-refractivity contribution in [1.82, 2.24) is 0 Å². The molecular weight excluding hydrogens is 355 g/mol. The van der Waals surface area contributed by atoms with Gasteiger partial charge in [0.15, 0.2) is 0 Å². The Bertz CT molecular complexity index is 51.8. The van der Waals surface area contributed by atoms with Crippen LogP contribution in [0, 0.1) is 0 Å². The van der Waals surface area contributed by atoms with Crippen molar-refractivity contribution in [3.8, 4) is 0 Å². The fraction of sp³-hybridized carbons (Fsp3) is 1.00. The van der Waals surface area contributed by atoms with Crippen LogP contribution in [0.15, 0.2) is 0 Å². The summed E-state index contributed by atoms with van der Waals surface area (Å²) in [6.07, 6.45) is 2.21. The van der Waals surface area contributed by atoms with E-state index in [1.165, 1.54) is 0 Å². The van der Waals surface area contributed by atoms with Crippen LogP contribution in [0.3, 0.4) is 0 Å². The minimum atomic E-state index is -0.851. The minimum Gasteiger partial charge on any atom is -1.00 e. The zero-order chi connectivity index (χ0) is 6.95. The minimum absolute atomic E-state index is 0. The molecule has 0 bridgehead atoms. The second-order valence-electron chi connectivity index (χ2n) is 1.78. The fourth-order valence-electron chi connectivity index (χ4n) is 0.329. The first-order valence-corrected chi connectivity index (χ1v) is 5.41. The molecule has 0 aliphatic heterocycles. The van der Waals surface area contributed by atoms with E-state index in [-0.39, 0.29) is 34.0 Å². The third-order valence-corrected chi connectivity index (χ3v) is 2.31. The van der Waals surface area contributed by atoms with E-state index in [1.807, 2.05) is 0 Å². The molecule has 0 N–H and O–H groups in total. The molecule has 0 amide bonds. The molecular formula is C6H14Br2O2Zr. The summed E-state index contributed by atoms with van der Waals surface area (Å²) in [6.45, 7) is 5.99. The first kappa shape index (κ1) is 18.5. The smallest absolute Gasteiger partial charge is 1.00 e. The third kappa shape index (κ3) is 18.6. The molecule has 2 nitrogen and oxygen atoms in total. The van der Waals surface area contributed by atoms with Gasteiger partial charge in [-0.2, -0.15) is 0 Å². The standard InChI is InChI=1S/2C3H7O.2BrH.Zr/c2*1-2-3-4;;;/h2*2-3H2,1H3;2*1H;/q2*-1;;;+4/p-2. The van der Waals surface area contributed by atoms with Gasteiger partial charge < -0.3 is 34.0 Å². The number of halogens is 2. The average Bonchev–Trinajstić information content (AvgIpc) is 1.89. The Labute approximate surface area is 103 Å². The van der Waals surface area contributed by atoms with Crippen LogP contribution in [0.1, 0.15) is 26.7 Å². The van der Waals surface area contributed by atoms with Crippen LogP contribution in [0.5, 0.6) is 0 Å². The first-order valence-electron chi connectivity index (χ1n) is 3.40. The maximum atomic E-state index is 5.23. The summed E-state index contributed by atoms with van der Waals surface area (Å²) in [5.74, 6) is 0. The van der Waals surface area contributed by atoms with Crippen molar-refractivity contribution in [2.24, 2.45) is 0 Å². The second kappa shape index (κ2) is 17.7. The normalized spacial score (nSPS) is 7.45. The van der Waals surface area contributed by atoms with E-state index >= 15 is 0 Å². The van der Waals surface area contributed by atoms with Gasteiger partial charge in [0.25, 0.3) is 0 Å². The number of hydrogen-bond donors (Lipinski definition) is 0. The molecule has 0 saturated heterocycles. The predicted molar refractivity (Wildman–Crippen MR) is 32.5 cm³/mol. The van der Waals surface area contributed by atoms with Crippen molar-refractivity contribution in [1.29, 1.82) is 0 Å². The van der Waals surface area contributed by atoms with Gasteiger partial charge in [0.2, 0.25) is 0 Å². The average molecular weight is 369 g/mol. The second-order valence-corrected chi connectivity index (χ2v) is 3.61. The van der Waals surface area contributed by atoms with Crippen LogP contribution in [0.25, 0.3) is 0 Å². The molecule has 0 rings (SSSR count). The summed E-state index contributed by atoms with van der Waals surface area (Å²) in [5.41, 5.74) is 0.